The van der Waals surface area contributed by atoms with Gasteiger partial charge in [-0.1, -0.05) is 20.3 Å². The van der Waals surface area contributed by atoms with Crippen LogP contribution in [0.5, 0.6) is 0 Å². The van der Waals surface area contributed by atoms with E-state index in [2.05, 4.69) is 11.9 Å². The summed E-state index contributed by atoms with van der Waals surface area (Å²) >= 11 is 0. The fourth-order valence-corrected chi connectivity index (χ4v) is 1.64. The molecule has 1 heterocycles. The molecule has 0 fully saturated rings. The van der Waals surface area contributed by atoms with Crippen molar-refractivity contribution in [2.24, 2.45) is 0 Å². The molecule has 1 aromatic rings. The molecule has 2 unspecified atom stereocenters. The first-order valence-corrected chi connectivity index (χ1v) is 5.57. The van der Waals surface area contributed by atoms with Crippen LogP contribution in [0.4, 0.5) is 0 Å². The van der Waals surface area contributed by atoms with E-state index in [9.17, 15) is 10.2 Å². The molecule has 15 heavy (non-hydrogen) atoms. The molecule has 0 saturated heterocycles. The Kier molecular flexibility index (Phi) is 4.78. The molecule has 0 aromatic carbocycles. The molecule has 0 radical (unpaired) electrons. The third kappa shape index (κ3) is 3.04. The average Bonchev–Trinajstić information content (AvgIpc) is 2.66. The lowest BCUT2D eigenvalue weighted by molar-refractivity contribution is 0.00585. The summed E-state index contributed by atoms with van der Waals surface area (Å²) in [5, 5.41) is 19.6. The molecule has 0 spiro atoms. The normalized spacial score (nSPS) is 15.2. The van der Waals surface area contributed by atoms with Gasteiger partial charge in [0.25, 0.3) is 0 Å². The number of rotatable bonds is 6. The Morgan fingerprint density at radius 1 is 1.33 bits per heavy atom. The molecule has 0 bridgehead atoms. The average molecular weight is 212 g/mol. The van der Waals surface area contributed by atoms with E-state index in [1.165, 1.54) is 0 Å². The smallest absolute Gasteiger partial charge is 0.140 e. The van der Waals surface area contributed by atoms with E-state index in [-0.39, 0.29) is 0 Å². The van der Waals surface area contributed by atoms with Gasteiger partial charge in [-0.25, -0.2) is 4.98 Å². The fourth-order valence-electron chi connectivity index (χ4n) is 1.64. The van der Waals surface area contributed by atoms with E-state index in [1.54, 1.807) is 6.20 Å². The largest absolute Gasteiger partial charge is 0.390 e. The van der Waals surface area contributed by atoms with Crippen LogP contribution in [-0.2, 0) is 6.54 Å². The van der Waals surface area contributed by atoms with Crippen LogP contribution < -0.4 is 0 Å². The third-order valence-corrected chi connectivity index (χ3v) is 2.43. The Balaban J connectivity index is 2.71. The fraction of sp³-hybridized carbons (Fsp3) is 0.727. The molecule has 4 heteroatoms. The lowest BCUT2D eigenvalue weighted by Gasteiger charge is -2.17. The Hall–Kier alpha value is -0.870. The highest BCUT2D eigenvalue weighted by atomic mass is 16.3. The number of aliphatic hydroxyl groups is 2. The zero-order chi connectivity index (χ0) is 11.3. The van der Waals surface area contributed by atoms with Gasteiger partial charge in [0.1, 0.15) is 11.9 Å². The van der Waals surface area contributed by atoms with Gasteiger partial charge in [0.15, 0.2) is 0 Å². The van der Waals surface area contributed by atoms with Crippen LogP contribution >= 0.6 is 0 Å². The van der Waals surface area contributed by atoms with Gasteiger partial charge in [-0.05, 0) is 12.8 Å². The Bertz CT molecular complexity index is 286. The summed E-state index contributed by atoms with van der Waals surface area (Å²) in [4.78, 5) is 4.09. The van der Waals surface area contributed by atoms with Crippen LogP contribution in [-0.4, -0.2) is 25.9 Å². The maximum atomic E-state index is 9.88. The zero-order valence-electron chi connectivity index (χ0n) is 9.43. The minimum atomic E-state index is -0.869. The first kappa shape index (κ1) is 12.2. The Morgan fingerprint density at radius 2 is 2.07 bits per heavy atom. The zero-order valence-corrected chi connectivity index (χ0v) is 9.43. The van der Waals surface area contributed by atoms with Crippen LogP contribution in [0.15, 0.2) is 12.4 Å². The second-order valence-electron chi connectivity index (χ2n) is 3.78. The highest BCUT2D eigenvalue weighted by Gasteiger charge is 2.21. The third-order valence-electron chi connectivity index (χ3n) is 2.43. The summed E-state index contributed by atoms with van der Waals surface area (Å²) < 4.78 is 1.89. The maximum absolute atomic E-state index is 9.88. The first-order valence-electron chi connectivity index (χ1n) is 5.57. The molecule has 0 amide bonds. The number of nitrogens with zero attached hydrogens (tertiary/aromatic N) is 2. The second-order valence-corrected chi connectivity index (χ2v) is 3.78. The minimum Gasteiger partial charge on any atom is -0.390 e. The standard InChI is InChI=1S/C11H20N2O2/c1-3-5-9(14)10(15)11-12-6-8-13(11)7-4-2/h6,8-10,14-15H,3-5,7H2,1-2H3. The maximum Gasteiger partial charge on any atom is 0.140 e. The van der Waals surface area contributed by atoms with Gasteiger partial charge in [-0.3, -0.25) is 0 Å². The molecule has 1 rings (SSSR count). The van der Waals surface area contributed by atoms with Crippen molar-refractivity contribution in [1.82, 2.24) is 9.55 Å². The molecular weight excluding hydrogens is 192 g/mol. The molecule has 86 valence electrons. The number of hydrogen-bond acceptors (Lipinski definition) is 3. The lowest BCUT2D eigenvalue weighted by Crippen LogP contribution is -2.21. The van der Waals surface area contributed by atoms with Crippen molar-refractivity contribution in [2.75, 3.05) is 0 Å². The van der Waals surface area contributed by atoms with Gasteiger partial charge in [0.05, 0.1) is 6.10 Å². The second kappa shape index (κ2) is 5.88. The SMILES string of the molecule is CCCC(O)C(O)c1nccn1CCC. The topological polar surface area (TPSA) is 58.3 Å². The minimum absolute atomic E-state index is 0.567. The van der Waals surface area contributed by atoms with Crippen LogP contribution in [0.1, 0.15) is 45.0 Å². The van der Waals surface area contributed by atoms with Gasteiger partial charge in [0, 0.05) is 18.9 Å². The number of aryl methyl sites for hydroxylation is 1. The number of aromatic nitrogens is 2. The highest BCUT2D eigenvalue weighted by molar-refractivity contribution is 4.98. The number of imidazole rings is 1. The Labute approximate surface area is 90.6 Å². The van der Waals surface area contributed by atoms with E-state index in [1.807, 2.05) is 17.7 Å². The van der Waals surface area contributed by atoms with Crippen molar-refractivity contribution < 1.29 is 10.2 Å². The molecule has 0 aliphatic heterocycles. The highest BCUT2D eigenvalue weighted by Crippen LogP contribution is 2.18. The summed E-state index contributed by atoms with van der Waals surface area (Å²) in [6.07, 6.45) is 4.35. The van der Waals surface area contributed by atoms with Gasteiger partial charge in [-0.2, -0.15) is 0 Å². The van der Waals surface area contributed by atoms with Gasteiger partial charge >= 0.3 is 0 Å². The first-order chi connectivity index (χ1) is 7.20. The summed E-state index contributed by atoms with van der Waals surface area (Å²) in [5.41, 5.74) is 0. The summed E-state index contributed by atoms with van der Waals surface area (Å²) in [7, 11) is 0. The molecule has 4 nitrogen and oxygen atoms in total. The lowest BCUT2D eigenvalue weighted by atomic mass is 10.1. The van der Waals surface area contributed by atoms with Crippen molar-refractivity contribution in [3.8, 4) is 0 Å². The van der Waals surface area contributed by atoms with Crippen molar-refractivity contribution in [3.63, 3.8) is 0 Å². The van der Waals surface area contributed by atoms with Crippen LogP contribution in [0.25, 0.3) is 0 Å². The van der Waals surface area contributed by atoms with E-state index in [0.29, 0.717) is 12.2 Å². The van der Waals surface area contributed by atoms with Crippen molar-refractivity contribution >= 4 is 0 Å². The van der Waals surface area contributed by atoms with Gasteiger partial charge in [0.2, 0.25) is 0 Å². The molecule has 0 saturated carbocycles. The summed E-state index contributed by atoms with van der Waals surface area (Å²) in [6, 6.07) is 0. The molecule has 0 aliphatic carbocycles. The number of aliphatic hydroxyl groups excluding tert-OH is 2. The van der Waals surface area contributed by atoms with Crippen molar-refractivity contribution in [2.45, 2.75) is 51.9 Å². The molecule has 2 N–H and O–H groups in total. The summed E-state index contributed by atoms with van der Waals surface area (Å²) in [6.45, 7) is 4.87. The van der Waals surface area contributed by atoms with Crippen LogP contribution in [0, 0.1) is 0 Å². The number of hydrogen-bond donors (Lipinski definition) is 2. The van der Waals surface area contributed by atoms with E-state index >= 15 is 0 Å². The molecule has 2 atom stereocenters. The van der Waals surface area contributed by atoms with Gasteiger partial charge < -0.3 is 14.8 Å². The van der Waals surface area contributed by atoms with Crippen molar-refractivity contribution in [3.05, 3.63) is 18.2 Å². The molecule has 1 aromatic heterocycles. The molecule has 0 aliphatic rings. The van der Waals surface area contributed by atoms with Crippen LogP contribution in [0.3, 0.4) is 0 Å². The molecular formula is C11H20N2O2. The van der Waals surface area contributed by atoms with Crippen LogP contribution in [0.2, 0.25) is 0 Å². The van der Waals surface area contributed by atoms with E-state index < -0.39 is 12.2 Å². The quantitative estimate of drug-likeness (QED) is 0.751. The predicted molar refractivity (Wildman–Crippen MR) is 58.4 cm³/mol. The van der Waals surface area contributed by atoms with Gasteiger partial charge in [-0.15, -0.1) is 0 Å². The van der Waals surface area contributed by atoms with E-state index in [0.717, 1.165) is 19.4 Å². The predicted octanol–water partition coefficient (Wildman–Crippen LogP) is 1.49. The summed E-state index contributed by atoms with van der Waals surface area (Å²) in [5.74, 6) is 0.567. The van der Waals surface area contributed by atoms with E-state index in [4.69, 9.17) is 0 Å². The monoisotopic (exact) mass is 212 g/mol. The van der Waals surface area contributed by atoms with Crippen molar-refractivity contribution in [1.29, 1.82) is 0 Å². The Morgan fingerprint density at radius 3 is 2.67 bits per heavy atom.